The molecule has 2 aromatic rings. The minimum atomic E-state index is -3.72. The highest BCUT2D eigenvalue weighted by Crippen LogP contribution is 2.26. The van der Waals surface area contributed by atoms with Crippen molar-refractivity contribution in [3.8, 4) is 0 Å². The van der Waals surface area contributed by atoms with Crippen LogP contribution in [0.1, 0.15) is 29.8 Å². The second-order valence-electron chi connectivity index (χ2n) is 7.17. The number of benzene rings is 2. The first-order valence-electron chi connectivity index (χ1n) is 9.53. The molecule has 2 aromatic carbocycles. The van der Waals surface area contributed by atoms with Crippen LogP contribution in [0.15, 0.2) is 53.4 Å². The fourth-order valence-corrected chi connectivity index (χ4v) is 4.82. The highest BCUT2D eigenvalue weighted by atomic mass is 35.5. The first-order chi connectivity index (χ1) is 13.8. The first kappa shape index (κ1) is 21.8. The van der Waals surface area contributed by atoms with Crippen molar-refractivity contribution in [3.05, 3.63) is 64.7 Å². The van der Waals surface area contributed by atoms with Gasteiger partial charge in [-0.15, -0.1) is 0 Å². The maximum absolute atomic E-state index is 13.3. The van der Waals surface area contributed by atoms with Crippen molar-refractivity contribution in [1.82, 2.24) is 9.21 Å². The van der Waals surface area contributed by atoms with Crippen LogP contribution in [0, 0.1) is 0 Å². The molecule has 0 aromatic heterocycles. The van der Waals surface area contributed by atoms with Gasteiger partial charge in [0.25, 0.3) is 5.91 Å². The predicted octanol–water partition coefficient (Wildman–Crippen LogP) is 3.41. The lowest BCUT2D eigenvalue weighted by atomic mass is 10.1. The molecule has 0 atom stereocenters. The van der Waals surface area contributed by atoms with E-state index in [0.717, 1.165) is 5.56 Å². The Morgan fingerprint density at radius 1 is 1.14 bits per heavy atom. The van der Waals surface area contributed by atoms with E-state index in [1.54, 1.807) is 4.90 Å². The molecule has 1 amide bonds. The Morgan fingerprint density at radius 2 is 1.79 bits per heavy atom. The number of hydrogen-bond donors (Lipinski definition) is 0. The summed E-state index contributed by atoms with van der Waals surface area (Å²) in [6, 6.07) is 13.9. The predicted molar refractivity (Wildman–Crippen MR) is 112 cm³/mol. The fourth-order valence-electron chi connectivity index (χ4n) is 3.19. The molecular weight excluding hydrogens is 412 g/mol. The molecule has 0 N–H and O–H groups in total. The molecule has 8 heteroatoms. The van der Waals surface area contributed by atoms with Crippen molar-refractivity contribution in [2.75, 3.05) is 26.3 Å². The summed E-state index contributed by atoms with van der Waals surface area (Å²) < 4.78 is 32.6. The van der Waals surface area contributed by atoms with E-state index in [1.165, 1.54) is 22.5 Å². The summed E-state index contributed by atoms with van der Waals surface area (Å²) in [6.45, 7) is 5.55. The molecule has 1 aliphatic heterocycles. The highest BCUT2D eigenvalue weighted by Gasteiger charge is 2.29. The normalized spacial score (nSPS) is 15.4. The number of morpholine rings is 1. The van der Waals surface area contributed by atoms with Crippen molar-refractivity contribution in [3.63, 3.8) is 0 Å². The molecule has 0 unspecified atom stereocenters. The number of carbonyl (C=O) groups is 1. The van der Waals surface area contributed by atoms with Gasteiger partial charge in [0.2, 0.25) is 10.0 Å². The molecule has 0 aliphatic carbocycles. The minimum absolute atomic E-state index is 0.0653. The molecule has 0 saturated carbocycles. The Bertz CT molecular complexity index is 958. The van der Waals surface area contributed by atoms with Crippen LogP contribution in [0.5, 0.6) is 0 Å². The number of rotatable bonds is 6. The first-order valence-corrected chi connectivity index (χ1v) is 11.3. The molecule has 0 radical (unpaired) electrons. The number of nitrogens with zero attached hydrogens (tertiary/aromatic N) is 2. The monoisotopic (exact) mass is 436 g/mol. The van der Waals surface area contributed by atoms with Crippen LogP contribution >= 0.6 is 11.6 Å². The topological polar surface area (TPSA) is 66.9 Å². The summed E-state index contributed by atoms with van der Waals surface area (Å²) in [4.78, 5) is 15.0. The van der Waals surface area contributed by atoms with E-state index in [2.05, 4.69) is 0 Å². The zero-order chi connectivity index (χ0) is 21.0. The van der Waals surface area contributed by atoms with Crippen LogP contribution in [0.25, 0.3) is 0 Å². The lowest BCUT2D eigenvalue weighted by Crippen LogP contribution is -2.40. The van der Waals surface area contributed by atoms with Crippen LogP contribution in [0.3, 0.4) is 0 Å². The van der Waals surface area contributed by atoms with Gasteiger partial charge in [0.05, 0.1) is 28.7 Å². The van der Waals surface area contributed by atoms with Gasteiger partial charge >= 0.3 is 0 Å². The van der Waals surface area contributed by atoms with E-state index in [0.29, 0.717) is 32.8 Å². The largest absolute Gasteiger partial charge is 0.379 e. The Hall–Kier alpha value is -1.93. The summed E-state index contributed by atoms with van der Waals surface area (Å²) >= 11 is 6.30. The number of amides is 1. The second-order valence-corrected chi connectivity index (χ2v) is 9.52. The van der Waals surface area contributed by atoms with E-state index in [-0.39, 0.29) is 27.4 Å². The van der Waals surface area contributed by atoms with Crippen molar-refractivity contribution in [1.29, 1.82) is 0 Å². The third-order valence-electron chi connectivity index (χ3n) is 4.86. The van der Waals surface area contributed by atoms with Crippen LogP contribution in [-0.2, 0) is 21.3 Å². The third kappa shape index (κ3) is 4.98. The van der Waals surface area contributed by atoms with Crippen LogP contribution < -0.4 is 0 Å². The molecule has 1 fully saturated rings. The van der Waals surface area contributed by atoms with Gasteiger partial charge in [-0.1, -0.05) is 41.9 Å². The van der Waals surface area contributed by atoms with E-state index >= 15 is 0 Å². The van der Waals surface area contributed by atoms with Gasteiger partial charge in [0.1, 0.15) is 0 Å². The SMILES string of the molecule is CC(C)N(Cc1ccccc1)C(=O)c1cc(S(=O)(=O)N2CCOCC2)ccc1Cl. The van der Waals surface area contributed by atoms with Crippen molar-refractivity contribution in [2.45, 2.75) is 31.3 Å². The number of halogens is 1. The lowest BCUT2D eigenvalue weighted by molar-refractivity contribution is 0.0689. The summed E-state index contributed by atoms with van der Waals surface area (Å²) in [5, 5.41) is 0.231. The maximum atomic E-state index is 13.3. The fraction of sp³-hybridized carbons (Fsp3) is 0.381. The number of carbonyl (C=O) groups excluding carboxylic acids is 1. The number of sulfonamides is 1. The Morgan fingerprint density at radius 3 is 2.41 bits per heavy atom. The average molecular weight is 437 g/mol. The average Bonchev–Trinajstić information content (AvgIpc) is 2.73. The van der Waals surface area contributed by atoms with Gasteiger partial charge in [-0.25, -0.2) is 8.42 Å². The molecule has 0 spiro atoms. The summed E-state index contributed by atoms with van der Waals surface area (Å²) in [7, 11) is -3.72. The molecule has 1 heterocycles. The van der Waals surface area contributed by atoms with Crippen LogP contribution in [0.4, 0.5) is 0 Å². The second kappa shape index (κ2) is 9.26. The third-order valence-corrected chi connectivity index (χ3v) is 7.08. The molecule has 156 valence electrons. The van der Waals surface area contributed by atoms with Crippen LogP contribution in [0.2, 0.25) is 5.02 Å². The quantitative estimate of drug-likeness (QED) is 0.696. The lowest BCUT2D eigenvalue weighted by Gasteiger charge is -2.28. The van der Waals surface area contributed by atoms with E-state index in [9.17, 15) is 13.2 Å². The van der Waals surface area contributed by atoms with Crippen LogP contribution in [-0.4, -0.2) is 55.9 Å². The molecule has 3 rings (SSSR count). The Labute approximate surface area is 177 Å². The van der Waals surface area contributed by atoms with E-state index < -0.39 is 10.0 Å². The molecule has 0 bridgehead atoms. The molecule has 1 aliphatic rings. The van der Waals surface area contributed by atoms with E-state index in [4.69, 9.17) is 16.3 Å². The van der Waals surface area contributed by atoms with Gasteiger partial charge in [0, 0.05) is 25.7 Å². The zero-order valence-electron chi connectivity index (χ0n) is 16.5. The maximum Gasteiger partial charge on any atom is 0.255 e. The summed E-state index contributed by atoms with van der Waals surface area (Å²) in [6.07, 6.45) is 0. The number of hydrogen-bond acceptors (Lipinski definition) is 4. The minimum Gasteiger partial charge on any atom is -0.379 e. The summed E-state index contributed by atoms with van der Waals surface area (Å²) in [5.41, 5.74) is 1.17. The summed E-state index contributed by atoms with van der Waals surface area (Å²) in [5.74, 6) is -0.298. The molecule has 29 heavy (non-hydrogen) atoms. The zero-order valence-corrected chi connectivity index (χ0v) is 18.1. The Kier molecular flexibility index (Phi) is 6.95. The highest BCUT2D eigenvalue weighted by molar-refractivity contribution is 7.89. The smallest absolute Gasteiger partial charge is 0.255 e. The standard InChI is InChI=1S/C21H25ClN2O4S/c1-16(2)24(15-17-6-4-3-5-7-17)21(25)19-14-18(8-9-20(19)22)29(26,27)23-10-12-28-13-11-23/h3-9,14,16H,10-13,15H2,1-2H3. The van der Waals surface area contributed by atoms with E-state index in [1.807, 2.05) is 44.2 Å². The Balaban J connectivity index is 1.92. The van der Waals surface area contributed by atoms with Gasteiger partial charge in [0.15, 0.2) is 0 Å². The molecule has 1 saturated heterocycles. The van der Waals surface area contributed by atoms with Crippen molar-refractivity contribution in [2.24, 2.45) is 0 Å². The molecular formula is C21H25ClN2O4S. The molecule has 6 nitrogen and oxygen atoms in total. The van der Waals surface area contributed by atoms with Gasteiger partial charge in [-0.3, -0.25) is 4.79 Å². The van der Waals surface area contributed by atoms with Crippen molar-refractivity contribution >= 4 is 27.5 Å². The van der Waals surface area contributed by atoms with Gasteiger partial charge in [-0.2, -0.15) is 4.31 Å². The number of ether oxygens (including phenoxy) is 1. The van der Waals surface area contributed by atoms with Gasteiger partial charge in [-0.05, 0) is 37.6 Å². The van der Waals surface area contributed by atoms with Gasteiger partial charge < -0.3 is 9.64 Å². The van der Waals surface area contributed by atoms with Crippen molar-refractivity contribution < 1.29 is 17.9 Å².